The van der Waals surface area contributed by atoms with Crippen molar-refractivity contribution >= 4 is 28.3 Å². The molecule has 10 heteroatoms. The number of hydrogen-bond acceptors (Lipinski definition) is 2. The van der Waals surface area contributed by atoms with Crippen LogP contribution in [0.2, 0.25) is 5.02 Å². The van der Waals surface area contributed by atoms with Crippen LogP contribution < -0.4 is 0 Å². The normalized spacial score (nSPS) is 12.6. The highest BCUT2D eigenvalue weighted by atomic mass is 35.5. The Bertz CT molecular complexity index is 1580. The third kappa shape index (κ3) is 4.10. The van der Waals surface area contributed by atoms with Crippen LogP contribution in [-0.4, -0.2) is 14.4 Å². The number of aryl methyl sites for hydroxylation is 1. The van der Waals surface area contributed by atoms with Gasteiger partial charge in [-0.25, -0.2) is 9.97 Å². The lowest BCUT2D eigenvalue weighted by Gasteiger charge is -2.17. The largest absolute Gasteiger partial charge is 0.433 e. The first-order valence-corrected chi connectivity index (χ1v) is 10.6. The van der Waals surface area contributed by atoms with Gasteiger partial charge in [0.15, 0.2) is 0 Å². The Hall–Kier alpha value is -3.59. The van der Waals surface area contributed by atoms with E-state index in [0.29, 0.717) is 21.7 Å². The standard InChI is InChI=1S/C25H14ClF6N3/c1-13-3-2-4-15(9-13)17-10-18-19(24(27,28)29)11-21(25(30,31)32)34-23(18)35-20(12-33-22(17)35)14-5-7-16(26)8-6-14/h2-12H,1H3. The third-order valence-electron chi connectivity index (χ3n) is 5.61. The molecule has 3 heterocycles. The maximum Gasteiger partial charge on any atom is 0.433 e. The molecule has 35 heavy (non-hydrogen) atoms. The van der Waals surface area contributed by atoms with Gasteiger partial charge in [-0.1, -0.05) is 53.6 Å². The van der Waals surface area contributed by atoms with Gasteiger partial charge in [0.2, 0.25) is 0 Å². The molecule has 0 N–H and O–H groups in total. The number of nitrogens with zero attached hydrogens (tertiary/aromatic N) is 3. The summed E-state index contributed by atoms with van der Waals surface area (Å²) in [5.74, 6) is 0. The average Bonchev–Trinajstić information content (AvgIpc) is 3.22. The van der Waals surface area contributed by atoms with Crippen molar-refractivity contribution < 1.29 is 26.3 Å². The lowest BCUT2D eigenvalue weighted by atomic mass is 10.0. The van der Waals surface area contributed by atoms with Gasteiger partial charge >= 0.3 is 12.4 Å². The van der Waals surface area contributed by atoms with Crippen molar-refractivity contribution in [2.45, 2.75) is 19.3 Å². The fourth-order valence-electron chi connectivity index (χ4n) is 4.05. The highest BCUT2D eigenvalue weighted by molar-refractivity contribution is 6.30. The zero-order chi connectivity index (χ0) is 25.1. The molecule has 0 unspecified atom stereocenters. The minimum Gasteiger partial charge on any atom is -0.276 e. The molecular weight excluding hydrogens is 492 g/mol. The molecule has 0 aliphatic rings. The molecule has 0 saturated heterocycles. The van der Waals surface area contributed by atoms with Gasteiger partial charge in [0.1, 0.15) is 17.0 Å². The van der Waals surface area contributed by atoms with Crippen LogP contribution in [0.15, 0.2) is 66.9 Å². The van der Waals surface area contributed by atoms with Gasteiger partial charge in [0, 0.05) is 21.5 Å². The summed E-state index contributed by atoms with van der Waals surface area (Å²) in [5, 5.41) is -0.0487. The molecule has 0 bridgehead atoms. The van der Waals surface area contributed by atoms with Gasteiger partial charge in [-0.05, 0) is 36.8 Å². The number of fused-ring (bicyclic) bond motifs is 3. The van der Waals surface area contributed by atoms with Gasteiger partial charge in [0.05, 0.1) is 17.5 Å². The molecule has 0 amide bonds. The second-order valence-corrected chi connectivity index (χ2v) is 8.46. The minimum absolute atomic E-state index is 0.0487. The Kier molecular flexibility index (Phi) is 5.28. The Morgan fingerprint density at radius 2 is 1.51 bits per heavy atom. The topological polar surface area (TPSA) is 30.2 Å². The first-order valence-electron chi connectivity index (χ1n) is 10.3. The monoisotopic (exact) mass is 505 g/mol. The molecule has 0 radical (unpaired) electrons. The number of halogens is 7. The lowest BCUT2D eigenvalue weighted by molar-refractivity contribution is -0.144. The average molecular weight is 506 g/mol. The van der Waals surface area contributed by atoms with Crippen LogP contribution in [0.4, 0.5) is 26.3 Å². The Balaban J connectivity index is 1.99. The van der Waals surface area contributed by atoms with Crippen molar-refractivity contribution in [2.24, 2.45) is 0 Å². The summed E-state index contributed by atoms with van der Waals surface area (Å²) in [6.45, 7) is 1.82. The van der Waals surface area contributed by atoms with Crippen LogP contribution in [-0.2, 0) is 12.4 Å². The Morgan fingerprint density at radius 3 is 2.14 bits per heavy atom. The summed E-state index contributed by atoms with van der Waals surface area (Å²) < 4.78 is 84.2. The van der Waals surface area contributed by atoms with E-state index in [4.69, 9.17) is 11.6 Å². The van der Waals surface area contributed by atoms with E-state index < -0.39 is 34.6 Å². The highest BCUT2D eigenvalue weighted by Gasteiger charge is 2.40. The van der Waals surface area contributed by atoms with Gasteiger partial charge in [0.25, 0.3) is 0 Å². The second-order valence-electron chi connectivity index (χ2n) is 8.02. The summed E-state index contributed by atoms with van der Waals surface area (Å²) in [6, 6.07) is 14.6. The van der Waals surface area contributed by atoms with E-state index >= 15 is 0 Å². The van der Waals surface area contributed by atoms with Gasteiger partial charge in [-0.15, -0.1) is 0 Å². The number of rotatable bonds is 2. The molecule has 0 fully saturated rings. The van der Waals surface area contributed by atoms with Crippen LogP contribution in [0.3, 0.4) is 0 Å². The summed E-state index contributed by atoms with van der Waals surface area (Å²) in [6.07, 6.45) is -8.75. The molecule has 0 aliphatic heterocycles. The Morgan fingerprint density at radius 1 is 0.800 bits per heavy atom. The number of aromatic nitrogens is 3. The fourth-order valence-corrected chi connectivity index (χ4v) is 4.17. The maximum absolute atomic E-state index is 14.0. The molecule has 0 saturated carbocycles. The van der Waals surface area contributed by atoms with Crippen LogP contribution >= 0.6 is 11.6 Å². The van der Waals surface area contributed by atoms with E-state index in [-0.39, 0.29) is 17.4 Å². The summed E-state index contributed by atoms with van der Waals surface area (Å²) in [7, 11) is 0. The van der Waals surface area contributed by atoms with E-state index in [2.05, 4.69) is 9.97 Å². The molecule has 0 aliphatic carbocycles. The fraction of sp³-hybridized carbons (Fsp3) is 0.120. The van der Waals surface area contributed by atoms with Gasteiger partial charge in [-0.3, -0.25) is 4.40 Å². The van der Waals surface area contributed by atoms with Crippen molar-refractivity contribution in [1.29, 1.82) is 0 Å². The van der Waals surface area contributed by atoms with Crippen LogP contribution in [0.25, 0.3) is 39.1 Å². The number of alkyl halides is 6. The van der Waals surface area contributed by atoms with E-state index in [9.17, 15) is 26.3 Å². The van der Waals surface area contributed by atoms with Crippen LogP contribution in [0, 0.1) is 6.92 Å². The summed E-state index contributed by atoms with van der Waals surface area (Å²) in [5.41, 5.74) is -0.875. The van der Waals surface area contributed by atoms with Gasteiger partial charge in [-0.2, -0.15) is 26.3 Å². The smallest absolute Gasteiger partial charge is 0.276 e. The molecule has 5 rings (SSSR count). The molecule has 3 nitrogen and oxygen atoms in total. The van der Waals surface area contributed by atoms with Crippen LogP contribution in [0.5, 0.6) is 0 Å². The predicted molar refractivity (Wildman–Crippen MR) is 121 cm³/mol. The van der Waals surface area contributed by atoms with E-state index in [1.54, 1.807) is 42.5 Å². The van der Waals surface area contributed by atoms with Crippen molar-refractivity contribution in [3.05, 3.63) is 88.7 Å². The lowest BCUT2D eigenvalue weighted by Crippen LogP contribution is -2.15. The molecule has 5 aromatic rings. The predicted octanol–water partition coefficient (Wildman–Crippen LogP) is 8.22. The number of imidazole rings is 1. The van der Waals surface area contributed by atoms with E-state index in [1.807, 2.05) is 13.0 Å². The van der Waals surface area contributed by atoms with E-state index in [1.165, 1.54) is 16.7 Å². The molecule has 2 aromatic carbocycles. The molecule has 3 aromatic heterocycles. The summed E-state index contributed by atoms with van der Waals surface area (Å²) >= 11 is 5.96. The van der Waals surface area contributed by atoms with Crippen molar-refractivity contribution in [2.75, 3.05) is 0 Å². The maximum atomic E-state index is 14.0. The van der Waals surface area contributed by atoms with Crippen molar-refractivity contribution in [3.63, 3.8) is 0 Å². The first kappa shape index (κ1) is 23.2. The zero-order valence-corrected chi connectivity index (χ0v) is 18.6. The first-order chi connectivity index (χ1) is 16.4. The van der Waals surface area contributed by atoms with Gasteiger partial charge < -0.3 is 0 Å². The quantitative estimate of drug-likeness (QED) is 0.226. The number of hydrogen-bond donors (Lipinski definition) is 0. The highest BCUT2D eigenvalue weighted by Crippen LogP contribution is 2.41. The third-order valence-corrected chi connectivity index (χ3v) is 5.86. The molecule has 178 valence electrons. The second kappa shape index (κ2) is 7.98. The molecule has 0 atom stereocenters. The van der Waals surface area contributed by atoms with Crippen molar-refractivity contribution in [3.8, 4) is 22.4 Å². The zero-order valence-electron chi connectivity index (χ0n) is 17.8. The summed E-state index contributed by atoms with van der Waals surface area (Å²) in [4.78, 5) is 8.03. The van der Waals surface area contributed by atoms with Crippen molar-refractivity contribution in [1.82, 2.24) is 14.4 Å². The van der Waals surface area contributed by atoms with E-state index in [0.717, 1.165) is 5.56 Å². The minimum atomic E-state index is -5.09. The number of benzene rings is 2. The van der Waals surface area contributed by atoms with Crippen LogP contribution in [0.1, 0.15) is 16.8 Å². The Labute approximate surface area is 199 Å². The molecular formula is C25H14ClF6N3. The number of pyridine rings is 2. The molecule has 0 spiro atoms. The SMILES string of the molecule is Cc1cccc(-c2cc3c(C(F)(F)F)cc(C(F)(F)F)nc3n3c(-c4ccc(Cl)cc4)cnc23)c1.